The molecule has 2 aliphatic heterocycles. The van der Waals surface area contributed by atoms with Gasteiger partial charge in [0.1, 0.15) is 23.0 Å². The monoisotopic (exact) mass is 555 g/mol. The molecule has 0 aromatic heterocycles. The highest BCUT2D eigenvalue weighted by molar-refractivity contribution is 6.32. The maximum absolute atomic E-state index is 14.8. The highest BCUT2D eigenvalue weighted by atomic mass is 16.5. The van der Waals surface area contributed by atoms with Gasteiger partial charge in [0.2, 0.25) is 0 Å². The van der Waals surface area contributed by atoms with Crippen LogP contribution >= 0.6 is 0 Å². The van der Waals surface area contributed by atoms with Crippen LogP contribution in [0.2, 0.25) is 0 Å². The second kappa shape index (κ2) is 9.55. The third-order valence-electron chi connectivity index (χ3n) is 9.06. The normalized spacial score (nSPS) is 21.2. The number of anilines is 1. The first-order valence-electron chi connectivity index (χ1n) is 14.0. The third-order valence-corrected chi connectivity index (χ3v) is 9.06. The standard InChI is InChI=1S/C36H29NO5/c1-21-13-16-28-23(19-21)14-18-30-36(34(39)25-11-7-8-12-26(25)35(36)40)31(27-20-24(41-2)15-17-29(27)42-3)32(37(28)30)33(38)22-9-5-4-6-10-22/h4-20,30-32H,1-3H3/t30-,31+,32-/m1/s1. The molecule has 6 heteroatoms. The van der Waals surface area contributed by atoms with Crippen molar-refractivity contribution in [1.29, 1.82) is 0 Å². The van der Waals surface area contributed by atoms with Gasteiger partial charge in [-0.3, -0.25) is 14.4 Å². The number of Topliss-reactive ketones (excluding diaryl/α,β-unsaturated/α-hetero) is 3. The van der Waals surface area contributed by atoms with Gasteiger partial charge in [-0.15, -0.1) is 0 Å². The highest BCUT2D eigenvalue weighted by Crippen LogP contribution is 2.62. The molecule has 208 valence electrons. The number of methoxy groups -OCH3 is 2. The summed E-state index contributed by atoms with van der Waals surface area (Å²) in [6.45, 7) is 2.02. The molecule has 0 bridgehead atoms. The first-order chi connectivity index (χ1) is 20.4. The number of carbonyl (C=O) groups excluding carboxylic acids is 3. The molecule has 2 heterocycles. The number of nitrogens with zero attached hydrogens (tertiary/aromatic N) is 1. The molecule has 1 saturated heterocycles. The molecule has 42 heavy (non-hydrogen) atoms. The zero-order valence-corrected chi connectivity index (χ0v) is 23.5. The zero-order chi connectivity index (χ0) is 29.2. The lowest BCUT2D eigenvalue weighted by Crippen LogP contribution is -2.48. The van der Waals surface area contributed by atoms with Crippen LogP contribution in [0.3, 0.4) is 0 Å². The van der Waals surface area contributed by atoms with Gasteiger partial charge in [-0.2, -0.15) is 0 Å². The summed E-state index contributed by atoms with van der Waals surface area (Å²) in [4.78, 5) is 46.5. The number of rotatable bonds is 5. The number of carbonyl (C=O) groups is 3. The Labute approximate surface area is 244 Å². The van der Waals surface area contributed by atoms with Crippen molar-refractivity contribution in [3.8, 4) is 11.5 Å². The Morgan fingerprint density at radius 2 is 1.50 bits per heavy atom. The van der Waals surface area contributed by atoms with Crippen molar-refractivity contribution in [2.75, 3.05) is 19.1 Å². The first-order valence-corrected chi connectivity index (χ1v) is 14.0. The lowest BCUT2D eigenvalue weighted by molar-refractivity contribution is 0.0664. The van der Waals surface area contributed by atoms with Crippen molar-refractivity contribution in [3.05, 3.63) is 130 Å². The molecule has 0 saturated carbocycles. The minimum absolute atomic E-state index is 0.175. The minimum atomic E-state index is -1.61. The Kier molecular flexibility index (Phi) is 5.91. The summed E-state index contributed by atoms with van der Waals surface area (Å²) in [7, 11) is 3.12. The summed E-state index contributed by atoms with van der Waals surface area (Å²) < 4.78 is 11.5. The first kappa shape index (κ1) is 26.0. The largest absolute Gasteiger partial charge is 0.497 e. The van der Waals surface area contributed by atoms with Crippen LogP contribution in [0.5, 0.6) is 11.5 Å². The number of benzene rings is 4. The maximum atomic E-state index is 14.8. The molecule has 0 amide bonds. The van der Waals surface area contributed by atoms with Crippen molar-refractivity contribution in [1.82, 2.24) is 0 Å². The van der Waals surface area contributed by atoms with Gasteiger partial charge in [-0.1, -0.05) is 78.4 Å². The average molecular weight is 556 g/mol. The van der Waals surface area contributed by atoms with Crippen LogP contribution in [0.25, 0.3) is 6.08 Å². The fraction of sp³-hybridized carbons (Fsp3) is 0.194. The van der Waals surface area contributed by atoms with Gasteiger partial charge in [-0.05, 0) is 42.8 Å². The summed E-state index contributed by atoms with van der Waals surface area (Å²) >= 11 is 0. The van der Waals surface area contributed by atoms with E-state index in [9.17, 15) is 14.4 Å². The summed E-state index contributed by atoms with van der Waals surface area (Å²) in [5, 5.41) is 0. The van der Waals surface area contributed by atoms with Crippen LogP contribution < -0.4 is 14.4 Å². The summed E-state index contributed by atoms with van der Waals surface area (Å²) in [6, 6.07) is 25.8. The molecule has 0 radical (unpaired) electrons. The SMILES string of the molecule is COc1ccc(OC)c([C@H]2[C@H](C(=O)c3ccccc3)N3c4ccc(C)cc4C=C[C@@H]3C23C(=O)c2ccccc2C3=O)c1. The van der Waals surface area contributed by atoms with Crippen molar-refractivity contribution < 1.29 is 23.9 Å². The van der Waals surface area contributed by atoms with E-state index in [1.54, 1.807) is 68.8 Å². The van der Waals surface area contributed by atoms with E-state index in [1.807, 2.05) is 54.3 Å². The summed E-state index contributed by atoms with van der Waals surface area (Å²) in [6.07, 6.45) is 3.91. The van der Waals surface area contributed by atoms with Crippen LogP contribution in [-0.4, -0.2) is 43.7 Å². The highest BCUT2D eigenvalue weighted by Gasteiger charge is 2.72. The van der Waals surface area contributed by atoms with E-state index in [0.717, 1.165) is 16.8 Å². The summed E-state index contributed by atoms with van der Waals surface area (Å²) in [5.41, 5.74) is 3.04. The number of aryl methyl sites for hydroxylation is 1. The van der Waals surface area contributed by atoms with E-state index in [4.69, 9.17) is 9.47 Å². The number of hydrogen-bond acceptors (Lipinski definition) is 6. The van der Waals surface area contributed by atoms with Crippen LogP contribution in [0.1, 0.15) is 53.7 Å². The van der Waals surface area contributed by atoms with E-state index in [-0.39, 0.29) is 17.3 Å². The van der Waals surface area contributed by atoms with Gasteiger partial charge >= 0.3 is 0 Å². The predicted molar refractivity (Wildman–Crippen MR) is 161 cm³/mol. The van der Waals surface area contributed by atoms with Gasteiger partial charge < -0.3 is 14.4 Å². The zero-order valence-electron chi connectivity index (χ0n) is 23.5. The van der Waals surface area contributed by atoms with Crippen LogP contribution in [0, 0.1) is 12.3 Å². The Bertz CT molecular complexity index is 1770. The topological polar surface area (TPSA) is 72.9 Å². The number of ketones is 3. The molecule has 7 rings (SSSR count). The van der Waals surface area contributed by atoms with Crippen molar-refractivity contribution in [2.24, 2.45) is 5.41 Å². The van der Waals surface area contributed by atoms with Gasteiger partial charge in [-0.25, -0.2) is 0 Å². The predicted octanol–water partition coefficient (Wildman–Crippen LogP) is 6.33. The van der Waals surface area contributed by atoms with Gasteiger partial charge in [0.05, 0.1) is 20.3 Å². The fourth-order valence-corrected chi connectivity index (χ4v) is 7.30. The Hall–Kier alpha value is -4.97. The van der Waals surface area contributed by atoms with Crippen molar-refractivity contribution >= 4 is 29.1 Å². The molecule has 6 nitrogen and oxygen atoms in total. The van der Waals surface area contributed by atoms with Crippen LogP contribution in [-0.2, 0) is 0 Å². The Morgan fingerprint density at radius 3 is 2.17 bits per heavy atom. The van der Waals surface area contributed by atoms with Gasteiger partial charge in [0.25, 0.3) is 0 Å². The maximum Gasteiger partial charge on any atom is 0.185 e. The molecular weight excluding hydrogens is 526 g/mol. The van der Waals surface area contributed by atoms with E-state index in [1.165, 1.54) is 0 Å². The second-order valence-electron chi connectivity index (χ2n) is 11.1. The number of fused-ring (bicyclic) bond motifs is 5. The number of ether oxygens (including phenoxy) is 2. The molecule has 4 aromatic rings. The smallest absolute Gasteiger partial charge is 0.185 e. The van der Waals surface area contributed by atoms with Gasteiger partial charge in [0.15, 0.2) is 17.3 Å². The van der Waals surface area contributed by atoms with Crippen LogP contribution in [0.4, 0.5) is 5.69 Å². The molecule has 4 aromatic carbocycles. The molecule has 3 atom stereocenters. The Balaban J connectivity index is 1.59. The van der Waals surface area contributed by atoms with Crippen LogP contribution in [0.15, 0.2) is 97.1 Å². The van der Waals surface area contributed by atoms with E-state index >= 15 is 0 Å². The summed E-state index contributed by atoms with van der Waals surface area (Å²) in [5.74, 6) is -0.599. The fourth-order valence-electron chi connectivity index (χ4n) is 7.30. The molecule has 3 aliphatic rings. The Morgan fingerprint density at radius 1 is 0.810 bits per heavy atom. The molecule has 1 spiro atoms. The van der Waals surface area contributed by atoms with E-state index in [2.05, 4.69) is 6.07 Å². The quantitative estimate of drug-likeness (QED) is 0.212. The van der Waals surface area contributed by atoms with Crippen molar-refractivity contribution in [2.45, 2.75) is 24.9 Å². The lowest BCUT2D eigenvalue weighted by atomic mass is 9.64. The molecule has 1 aliphatic carbocycles. The van der Waals surface area contributed by atoms with Gasteiger partial charge in [0, 0.05) is 33.9 Å². The van der Waals surface area contributed by atoms with Crippen molar-refractivity contribution in [3.63, 3.8) is 0 Å². The number of hydrogen-bond donors (Lipinski definition) is 0. The lowest BCUT2D eigenvalue weighted by Gasteiger charge is -2.37. The molecule has 0 unspecified atom stereocenters. The molecule has 1 fully saturated rings. The average Bonchev–Trinajstić information content (AvgIpc) is 3.46. The van der Waals surface area contributed by atoms with E-state index in [0.29, 0.717) is 33.8 Å². The molecular formula is C36H29NO5. The second-order valence-corrected chi connectivity index (χ2v) is 11.1. The minimum Gasteiger partial charge on any atom is -0.497 e. The molecule has 0 N–H and O–H groups in total. The van der Waals surface area contributed by atoms with E-state index < -0.39 is 23.4 Å². The third kappa shape index (κ3) is 3.41.